The van der Waals surface area contributed by atoms with Gasteiger partial charge in [-0.3, -0.25) is 4.79 Å². The van der Waals surface area contributed by atoms with Crippen molar-refractivity contribution in [3.63, 3.8) is 0 Å². The van der Waals surface area contributed by atoms with Crippen LogP contribution in [-0.2, 0) is 0 Å². The zero-order chi connectivity index (χ0) is 17.7. The van der Waals surface area contributed by atoms with E-state index in [2.05, 4.69) is 31.9 Å². The maximum absolute atomic E-state index is 11.9. The van der Waals surface area contributed by atoms with Crippen molar-refractivity contribution in [1.29, 1.82) is 0 Å². The molecule has 0 N–H and O–H groups in total. The van der Waals surface area contributed by atoms with Gasteiger partial charge in [0.1, 0.15) is 5.75 Å². The molecule has 2 aromatic carbocycles. The molecular formula is C18H17Br2NO2S. The molecule has 0 aliphatic heterocycles. The third-order valence-electron chi connectivity index (χ3n) is 3.17. The summed E-state index contributed by atoms with van der Waals surface area (Å²) in [6.07, 6.45) is 4.01. The van der Waals surface area contributed by atoms with Crippen LogP contribution < -0.4 is 4.74 Å². The van der Waals surface area contributed by atoms with Gasteiger partial charge in [0.25, 0.3) is 5.24 Å². The molecule has 24 heavy (non-hydrogen) atoms. The van der Waals surface area contributed by atoms with E-state index < -0.39 is 0 Å². The summed E-state index contributed by atoms with van der Waals surface area (Å²) in [6.45, 7) is 0. The summed E-state index contributed by atoms with van der Waals surface area (Å²) in [4.78, 5) is 14.3. The van der Waals surface area contributed by atoms with Crippen LogP contribution in [0.15, 0.2) is 50.2 Å². The highest BCUT2D eigenvalue weighted by Crippen LogP contribution is 2.37. The second-order valence-corrected chi connectivity index (χ2v) is 7.82. The van der Waals surface area contributed by atoms with Crippen molar-refractivity contribution in [1.82, 2.24) is 4.90 Å². The van der Waals surface area contributed by atoms with E-state index in [9.17, 15) is 4.79 Å². The Hall–Kier alpha value is -1.24. The van der Waals surface area contributed by atoms with Crippen molar-refractivity contribution in [2.75, 3.05) is 21.2 Å². The number of amides is 1. The minimum absolute atomic E-state index is 0.0197. The van der Waals surface area contributed by atoms with Gasteiger partial charge in [-0.2, -0.15) is 0 Å². The van der Waals surface area contributed by atoms with E-state index in [1.807, 2.05) is 48.6 Å². The predicted octanol–water partition coefficient (Wildman–Crippen LogP) is 6.16. The number of ether oxygens (including phenoxy) is 1. The standard InChI is InChI=1S/C18H17Br2NO2S/c1-21(2)18(22)24-17-14(19)10-12(11-15(17)20)8-9-13-6-4-5-7-16(13)23-3/h4-11H,1-3H3/b9-8-. The lowest BCUT2D eigenvalue weighted by molar-refractivity contribution is 0.241. The monoisotopic (exact) mass is 469 g/mol. The molecule has 126 valence electrons. The Kier molecular flexibility index (Phi) is 6.95. The summed E-state index contributed by atoms with van der Waals surface area (Å²) in [6, 6.07) is 11.8. The average molecular weight is 471 g/mol. The number of benzene rings is 2. The van der Waals surface area contributed by atoms with Gasteiger partial charge >= 0.3 is 0 Å². The molecule has 0 radical (unpaired) electrons. The van der Waals surface area contributed by atoms with E-state index in [1.165, 1.54) is 11.8 Å². The Morgan fingerprint density at radius 2 is 1.75 bits per heavy atom. The Bertz CT molecular complexity index is 752. The maximum Gasteiger partial charge on any atom is 0.286 e. The molecule has 0 bridgehead atoms. The van der Waals surface area contributed by atoms with Gasteiger partial charge in [-0.25, -0.2) is 0 Å². The molecule has 0 atom stereocenters. The minimum Gasteiger partial charge on any atom is -0.496 e. The number of para-hydroxylation sites is 1. The predicted molar refractivity (Wildman–Crippen MR) is 109 cm³/mol. The fourth-order valence-corrected chi connectivity index (χ4v) is 4.32. The van der Waals surface area contributed by atoms with Crippen molar-refractivity contribution < 1.29 is 9.53 Å². The van der Waals surface area contributed by atoms with Gasteiger partial charge in [0.05, 0.1) is 7.11 Å². The highest BCUT2D eigenvalue weighted by atomic mass is 79.9. The first kappa shape index (κ1) is 19.1. The first-order valence-corrected chi connectivity index (χ1v) is 9.52. The lowest BCUT2D eigenvalue weighted by atomic mass is 10.1. The third-order valence-corrected chi connectivity index (χ3v) is 6.13. The Morgan fingerprint density at radius 3 is 2.33 bits per heavy atom. The summed E-state index contributed by atoms with van der Waals surface area (Å²) >= 11 is 8.28. The maximum atomic E-state index is 11.9. The fraction of sp³-hybridized carbons (Fsp3) is 0.167. The Balaban J connectivity index is 2.27. The Labute approximate surface area is 163 Å². The van der Waals surface area contributed by atoms with Crippen LogP contribution in [0.4, 0.5) is 4.79 Å². The first-order chi connectivity index (χ1) is 11.4. The quantitative estimate of drug-likeness (QED) is 0.395. The molecule has 0 aliphatic carbocycles. The van der Waals surface area contributed by atoms with E-state index in [-0.39, 0.29) is 5.24 Å². The molecular weight excluding hydrogens is 454 g/mol. The van der Waals surface area contributed by atoms with Gasteiger partial charge in [0.2, 0.25) is 0 Å². The van der Waals surface area contributed by atoms with E-state index in [1.54, 1.807) is 26.1 Å². The smallest absolute Gasteiger partial charge is 0.286 e. The topological polar surface area (TPSA) is 29.5 Å². The molecule has 0 unspecified atom stereocenters. The van der Waals surface area contributed by atoms with E-state index in [0.717, 1.165) is 30.7 Å². The number of thioether (sulfide) groups is 1. The van der Waals surface area contributed by atoms with Crippen molar-refractivity contribution in [3.05, 3.63) is 56.5 Å². The van der Waals surface area contributed by atoms with Crippen LogP contribution in [0.2, 0.25) is 0 Å². The van der Waals surface area contributed by atoms with Crippen LogP contribution in [0.25, 0.3) is 12.2 Å². The van der Waals surface area contributed by atoms with E-state index in [0.29, 0.717) is 0 Å². The van der Waals surface area contributed by atoms with Crippen LogP contribution in [0.1, 0.15) is 11.1 Å². The third kappa shape index (κ3) is 4.88. The van der Waals surface area contributed by atoms with Crippen LogP contribution in [0.3, 0.4) is 0 Å². The first-order valence-electron chi connectivity index (χ1n) is 7.11. The molecule has 0 aliphatic rings. The largest absolute Gasteiger partial charge is 0.496 e. The van der Waals surface area contributed by atoms with Crippen LogP contribution >= 0.6 is 43.6 Å². The van der Waals surface area contributed by atoms with Crippen molar-refractivity contribution in [3.8, 4) is 5.75 Å². The molecule has 0 saturated heterocycles. The molecule has 0 spiro atoms. The number of carbonyl (C=O) groups excluding carboxylic acids is 1. The highest BCUT2D eigenvalue weighted by molar-refractivity contribution is 9.11. The molecule has 2 aromatic rings. The van der Waals surface area contributed by atoms with Crippen molar-refractivity contribution in [2.45, 2.75) is 4.90 Å². The van der Waals surface area contributed by atoms with E-state index in [4.69, 9.17) is 4.74 Å². The van der Waals surface area contributed by atoms with Crippen LogP contribution in [0, 0.1) is 0 Å². The lowest BCUT2D eigenvalue weighted by Crippen LogP contribution is -2.16. The second kappa shape index (κ2) is 8.74. The number of methoxy groups -OCH3 is 1. The summed E-state index contributed by atoms with van der Waals surface area (Å²) in [5, 5.41) is -0.0197. The molecule has 0 fully saturated rings. The molecule has 3 nitrogen and oxygen atoms in total. The van der Waals surface area contributed by atoms with Crippen molar-refractivity contribution >= 4 is 61.0 Å². The zero-order valence-corrected chi connectivity index (χ0v) is 17.5. The summed E-state index contributed by atoms with van der Waals surface area (Å²) < 4.78 is 7.10. The highest BCUT2D eigenvalue weighted by Gasteiger charge is 2.13. The molecule has 0 aromatic heterocycles. The number of rotatable bonds is 4. The molecule has 6 heteroatoms. The summed E-state index contributed by atoms with van der Waals surface area (Å²) in [5.41, 5.74) is 2.02. The number of halogens is 2. The van der Waals surface area contributed by atoms with Gasteiger partial charge in [-0.1, -0.05) is 30.4 Å². The van der Waals surface area contributed by atoms with Gasteiger partial charge in [0.15, 0.2) is 0 Å². The van der Waals surface area contributed by atoms with Crippen LogP contribution in [0.5, 0.6) is 5.75 Å². The molecule has 1 amide bonds. The van der Waals surface area contributed by atoms with Gasteiger partial charge in [0, 0.05) is 33.5 Å². The molecule has 2 rings (SSSR count). The number of carbonyl (C=O) groups is 1. The molecule has 0 heterocycles. The second-order valence-electron chi connectivity index (χ2n) is 5.15. The van der Waals surface area contributed by atoms with E-state index >= 15 is 0 Å². The van der Waals surface area contributed by atoms with Gasteiger partial charge in [-0.15, -0.1) is 0 Å². The normalized spacial score (nSPS) is 10.9. The summed E-state index contributed by atoms with van der Waals surface area (Å²) in [5.74, 6) is 0.829. The Morgan fingerprint density at radius 1 is 1.12 bits per heavy atom. The molecule has 0 saturated carbocycles. The van der Waals surface area contributed by atoms with Gasteiger partial charge < -0.3 is 9.64 Å². The van der Waals surface area contributed by atoms with Crippen LogP contribution in [-0.4, -0.2) is 31.3 Å². The minimum atomic E-state index is -0.0197. The zero-order valence-electron chi connectivity index (χ0n) is 13.5. The number of hydrogen-bond donors (Lipinski definition) is 0. The number of hydrogen-bond acceptors (Lipinski definition) is 3. The number of nitrogens with zero attached hydrogens (tertiary/aromatic N) is 1. The van der Waals surface area contributed by atoms with Gasteiger partial charge in [-0.05, 0) is 67.4 Å². The lowest BCUT2D eigenvalue weighted by Gasteiger charge is -2.12. The SMILES string of the molecule is COc1ccccc1/C=C\c1cc(Br)c(SC(=O)N(C)C)c(Br)c1. The summed E-state index contributed by atoms with van der Waals surface area (Å²) in [7, 11) is 5.14. The van der Waals surface area contributed by atoms with Crippen molar-refractivity contribution in [2.24, 2.45) is 0 Å². The fourth-order valence-electron chi connectivity index (χ4n) is 1.94. The average Bonchev–Trinajstić information content (AvgIpc) is 2.56.